The van der Waals surface area contributed by atoms with Crippen LogP contribution in [0.5, 0.6) is 5.75 Å². The minimum Gasteiger partial charge on any atom is -0.490 e. The number of benzene rings is 1. The molecule has 1 aromatic carbocycles. The number of para-hydroxylation sites is 2. The molecule has 0 atom stereocenters. The first-order valence-electron chi connectivity index (χ1n) is 6.37. The summed E-state index contributed by atoms with van der Waals surface area (Å²) >= 11 is 0. The van der Waals surface area contributed by atoms with Gasteiger partial charge in [0.25, 0.3) is 0 Å². The number of hydrogen-bond acceptors (Lipinski definition) is 5. The minimum absolute atomic E-state index is 0.0214. The summed E-state index contributed by atoms with van der Waals surface area (Å²) in [6.45, 7) is 1.81. The molecule has 1 aromatic heterocycles. The number of aryl methyl sites for hydroxylation is 1. The van der Waals surface area contributed by atoms with Gasteiger partial charge in [-0.2, -0.15) is 0 Å². The molecule has 0 saturated heterocycles. The normalized spacial score (nSPS) is 11.1. The van der Waals surface area contributed by atoms with Crippen LogP contribution in [0.15, 0.2) is 42.6 Å². The van der Waals surface area contributed by atoms with Gasteiger partial charge in [-0.05, 0) is 31.2 Å². The quantitative estimate of drug-likeness (QED) is 0.793. The third kappa shape index (κ3) is 4.64. The molecule has 0 bridgehead atoms. The van der Waals surface area contributed by atoms with Gasteiger partial charge in [0, 0.05) is 11.9 Å². The van der Waals surface area contributed by atoms with Gasteiger partial charge in [0.15, 0.2) is 0 Å². The number of hydrogen-bond donors (Lipinski definition) is 2. The van der Waals surface area contributed by atoms with Gasteiger partial charge >= 0.3 is 0 Å². The molecule has 0 saturated carbocycles. The molecule has 0 fully saturated rings. The van der Waals surface area contributed by atoms with Crippen LogP contribution in [0.1, 0.15) is 5.69 Å². The Morgan fingerprint density at radius 1 is 1.29 bits per heavy atom. The van der Waals surface area contributed by atoms with Gasteiger partial charge in [-0.25, -0.2) is 8.42 Å². The molecule has 0 aliphatic rings. The number of nitrogens with two attached hydrogens (primary N) is 1. The van der Waals surface area contributed by atoms with E-state index in [0.29, 0.717) is 17.1 Å². The zero-order valence-electron chi connectivity index (χ0n) is 11.6. The zero-order chi connectivity index (χ0) is 15.3. The molecule has 0 aliphatic carbocycles. The van der Waals surface area contributed by atoms with E-state index in [1.165, 1.54) is 0 Å². The Hall–Kier alpha value is -2.28. The predicted octanol–water partition coefficient (Wildman–Crippen LogP) is 1.79. The fourth-order valence-electron chi connectivity index (χ4n) is 1.71. The molecule has 1 heterocycles. The van der Waals surface area contributed by atoms with Crippen LogP contribution in [0.4, 0.5) is 11.4 Å². The summed E-state index contributed by atoms with van der Waals surface area (Å²) in [5.41, 5.74) is 7.42. The van der Waals surface area contributed by atoms with E-state index >= 15 is 0 Å². The van der Waals surface area contributed by atoms with E-state index in [1.54, 1.807) is 49.5 Å². The average molecular weight is 307 g/mol. The average Bonchev–Trinajstić information content (AvgIpc) is 2.40. The van der Waals surface area contributed by atoms with E-state index in [0.717, 1.165) is 5.69 Å². The number of nitrogen functional groups attached to an aromatic ring is 1. The van der Waals surface area contributed by atoms with Crippen LogP contribution >= 0.6 is 0 Å². The number of aromatic nitrogens is 1. The number of pyridine rings is 1. The lowest BCUT2D eigenvalue weighted by molar-refractivity contribution is 0.343. The Balaban J connectivity index is 1.91. The van der Waals surface area contributed by atoms with Crippen LogP contribution in [0.25, 0.3) is 0 Å². The largest absolute Gasteiger partial charge is 0.490 e. The summed E-state index contributed by atoms with van der Waals surface area (Å²) in [4.78, 5) is 4.01. The second kappa shape index (κ2) is 6.45. The fourth-order valence-corrected chi connectivity index (χ4v) is 2.60. The molecule has 112 valence electrons. The van der Waals surface area contributed by atoms with Gasteiger partial charge in [-0.15, -0.1) is 0 Å². The Morgan fingerprint density at radius 2 is 2.05 bits per heavy atom. The SMILES string of the molecule is Cc1cc(NS(=O)(=O)CCOc2ccccc2N)ccn1. The van der Waals surface area contributed by atoms with Crippen molar-refractivity contribution in [2.75, 3.05) is 22.8 Å². The number of nitrogens with one attached hydrogen (secondary N) is 1. The molecule has 0 aliphatic heterocycles. The van der Waals surface area contributed by atoms with Crippen molar-refractivity contribution in [3.8, 4) is 5.75 Å². The predicted molar refractivity (Wildman–Crippen MR) is 82.7 cm³/mol. The molecule has 2 rings (SSSR count). The van der Waals surface area contributed by atoms with Crippen LogP contribution in [-0.4, -0.2) is 25.8 Å². The first-order chi connectivity index (χ1) is 9.96. The standard InChI is InChI=1S/C14H17N3O3S/c1-11-10-12(6-7-16-11)17-21(18,19)9-8-20-14-5-3-2-4-13(14)15/h2-7,10H,8-9,15H2,1H3,(H,16,17). The molecule has 0 unspecified atom stereocenters. The smallest absolute Gasteiger partial charge is 0.236 e. The maximum atomic E-state index is 11.9. The van der Waals surface area contributed by atoms with E-state index in [2.05, 4.69) is 9.71 Å². The van der Waals surface area contributed by atoms with Crippen molar-refractivity contribution in [2.45, 2.75) is 6.92 Å². The van der Waals surface area contributed by atoms with E-state index in [1.807, 2.05) is 0 Å². The molecule has 3 N–H and O–H groups in total. The van der Waals surface area contributed by atoms with Crippen molar-refractivity contribution in [1.29, 1.82) is 0 Å². The zero-order valence-corrected chi connectivity index (χ0v) is 12.4. The maximum Gasteiger partial charge on any atom is 0.236 e. The van der Waals surface area contributed by atoms with Crippen LogP contribution < -0.4 is 15.2 Å². The highest BCUT2D eigenvalue weighted by Gasteiger charge is 2.11. The van der Waals surface area contributed by atoms with Crippen molar-refractivity contribution in [1.82, 2.24) is 4.98 Å². The summed E-state index contributed by atoms with van der Waals surface area (Å²) in [6.07, 6.45) is 1.55. The van der Waals surface area contributed by atoms with Crippen LogP contribution in [-0.2, 0) is 10.0 Å². The molecule has 2 aromatic rings. The number of anilines is 2. The van der Waals surface area contributed by atoms with Gasteiger partial charge in [-0.1, -0.05) is 12.1 Å². The molecule has 0 amide bonds. The van der Waals surface area contributed by atoms with Gasteiger partial charge in [0.2, 0.25) is 10.0 Å². The van der Waals surface area contributed by atoms with Gasteiger partial charge in [0.1, 0.15) is 18.1 Å². The third-order valence-corrected chi connectivity index (χ3v) is 3.95. The highest BCUT2D eigenvalue weighted by molar-refractivity contribution is 7.92. The molecular weight excluding hydrogens is 290 g/mol. The first kappa shape index (κ1) is 15.1. The van der Waals surface area contributed by atoms with Crippen molar-refractivity contribution in [2.24, 2.45) is 0 Å². The molecular formula is C14H17N3O3S. The van der Waals surface area contributed by atoms with Crippen LogP contribution in [0.2, 0.25) is 0 Å². The minimum atomic E-state index is -3.48. The van der Waals surface area contributed by atoms with Gasteiger partial charge < -0.3 is 10.5 Å². The number of ether oxygens (including phenoxy) is 1. The first-order valence-corrected chi connectivity index (χ1v) is 8.02. The Kier molecular flexibility index (Phi) is 4.64. The number of rotatable bonds is 6. The summed E-state index contributed by atoms with van der Waals surface area (Å²) in [6, 6.07) is 10.2. The molecule has 21 heavy (non-hydrogen) atoms. The van der Waals surface area contributed by atoms with E-state index < -0.39 is 10.0 Å². The Labute approximate surface area is 124 Å². The molecule has 6 nitrogen and oxygen atoms in total. The van der Waals surface area contributed by atoms with Gasteiger partial charge in [-0.3, -0.25) is 9.71 Å². The lowest BCUT2D eigenvalue weighted by Gasteiger charge is -2.10. The summed E-state index contributed by atoms with van der Waals surface area (Å²) in [5.74, 6) is 0.315. The van der Waals surface area contributed by atoms with Crippen LogP contribution in [0.3, 0.4) is 0 Å². The van der Waals surface area contributed by atoms with E-state index in [4.69, 9.17) is 10.5 Å². The van der Waals surface area contributed by atoms with E-state index in [-0.39, 0.29) is 12.4 Å². The van der Waals surface area contributed by atoms with Crippen molar-refractivity contribution in [3.05, 3.63) is 48.3 Å². The van der Waals surface area contributed by atoms with E-state index in [9.17, 15) is 8.42 Å². The topological polar surface area (TPSA) is 94.3 Å². The summed E-state index contributed by atoms with van der Waals surface area (Å²) < 4.78 is 31.7. The maximum absolute atomic E-state index is 11.9. The second-order valence-corrected chi connectivity index (χ2v) is 6.33. The number of nitrogens with zero attached hydrogens (tertiary/aromatic N) is 1. The van der Waals surface area contributed by atoms with Crippen molar-refractivity contribution < 1.29 is 13.2 Å². The van der Waals surface area contributed by atoms with Crippen molar-refractivity contribution >= 4 is 21.4 Å². The fraction of sp³-hybridized carbons (Fsp3) is 0.214. The Bertz CT molecular complexity index is 717. The third-order valence-electron chi connectivity index (χ3n) is 2.70. The molecule has 7 heteroatoms. The second-order valence-electron chi connectivity index (χ2n) is 4.49. The Morgan fingerprint density at radius 3 is 2.76 bits per heavy atom. The molecule has 0 radical (unpaired) electrons. The monoisotopic (exact) mass is 307 g/mol. The lowest BCUT2D eigenvalue weighted by Crippen LogP contribution is -2.21. The summed E-state index contributed by atoms with van der Waals surface area (Å²) in [5, 5.41) is 0. The lowest BCUT2D eigenvalue weighted by atomic mass is 10.3. The molecule has 0 spiro atoms. The highest BCUT2D eigenvalue weighted by Crippen LogP contribution is 2.19. The number of sulfonamides is 1. The van der Waals surface area contributed by atoms with Gasteiger partial charge in [0.05, 0.1) is 11.4 Å². The van der Waals surface area contributed by atoms with Crippen LogP contribution in [0, 0.1) is 6.92 Å². The van der Waals surface area contributed by atoms with Crippen molar-refractivity contribution in [3.63, 3.8) is 0 Å². The summed E-state index contributed by atoms with van der Waals surface area (Å²) in [7, 11) is -3.48. The highest BCUT2D eigenvalue weighted by atomic mass is 32.2.